The molecular formula is C15H19NO2. The van der Waals surface area contributed by atoms with Crippen molar-refractivity contribution in [2.24, 2.45) is 5.92 Å². The minimum Gasteiger partial charge on any atom is -0.335 e. The fraction of sp³-hybridized carbons (Fsp3) is 0.467. The van der Waals surface area contributed by atoms with Gasteiger partial charge in [0.05, 0.1) is 6.54 Å². The van der Waals surface area contributed by atoms with Crippen molar-refractivity contribution < 1.29 is 9.59 Å². The number of ketones is 1. The van der Waals surface area contributed by atoms with Gasteiger partial charge in [0.1, 0.15) is 0 Å². The maximum absolute atomic E-state index is 12.1. The van der Waals surface area contributed by atoms with E-state index >= 15 is 0 Å². The first-order valence-corrected chi connectivity index (χ1v) is 6.47. The zero-order chi connectivity index (χ0) is 13.1. The summed E-state index contributed by atoms with van der Waals surface area (Å²) in [5, 5.41) is 0. The van der Waals surface area contributed by atoms with Gasteiger partial charge in [0.2, 0.25) is 5.91 Å². The molecule has 0 spiro atoms. The summed E-state index contributed by atoms with van der Waals surface area (Å²) in [4.78, 5) is 25.5. The van der Waals surface area contributed by atoms with Crippen molar-refractivity contribution >= 4 is 11.7 Å². The van der Waals surface area contributed by atoms with Crippen LogP contribution in [0.15, 0.2) is 24.3 Å². The lowest BCUT2D eigenvalue weighted by Crippen LogP contribution is -2.31. The molecule has 96 valence electrons. The van der Waals surface area contributed by atoms with Crippen LogP contribution in [0.3, 0.4) is 0 Å². The lowest BCUT2D eigenvalue weighted by atomic mass is 10.1. The molecule has 1 aliphatic rings. The van der Waals surface area contributed by atoms with Crippen LogP contribution in [0.25, 0.3) is 0 Å². The Kier molecular flexibility index (Phi) is 3.80. The molecule has 0 aliphatic carbocycles. The Morgan fingerprint density at radius 1 is 1.44 bits per heavy atom. The van der Waals surface area contributed by atoms with E-state index in [0.29, 0.717) is 17.9 Å². The van der Waals surface area contributed by atoms with Crippen molar-refractivity contribution in [1.82, 2.24) is 4.90 Å². The van der Waals surface area contributed by atoms with Crippen LogP contribution in [0.4, 0.5) is 0 Å². The Morgan fingerprint density at radius 3 is 2.83 bits per heavy atom. The zero-order valence-electron chi connectivity index (χ0n) is 11.0. The summed E-state index contributed by atoms with van der Waals surface area (Å²) < 4.78 is 0. The van der Waals surface area contributed by atoms with Gasteiger partial charge in [-0.2, -0.15) is 0 Å². The van der Waals surface area contributed by atoms with E-state index in [-0.39, 0.29) is 18.2 Å². The molecule has 2 rings (SSSR count). The van der Waals surface area contributed by atoms with E-state index in [9.17, 15) is 9.59 Å². The maximum atomic E-state index is 12.1. The molecule has 0 bridgehead atoms. The molecule has 1 amide bonds. The van der Waals surface area contributed by atoms with E-state index in [4.69, 9.17) is 0 Å². The van der Waals surface area contributed by atoms with Gasteiger partial charge in [-0.25, -0.2) is 0 Å². The summed E-state index contributed by atoms with van der Waals surface area (Å²) in [5.41, 5.74) is 1.77. The molecule has 3 heteroatoms. The van der Waals surface area contributed by atoms with Crippen molar-refractivity contribution in [3.8, 4) is 0 Å². The van der Waals surface area contributed by atoms with Gasteiger partial charge in [-0.1, -0.05) is 37.1 Å². The fourth-order valence-corrected chi connectivity index (χ4v) is 2.36. The molecular weight excluding hydrogens is 226 g/mol. The van der Waals surface area contributed by atoms with Gasteiger partial charge >= 0.3 is 0 Å². The standard InChI is InChI=1S/C15H19NO2/c1-3-12-8-15(18)16(9-12)10-14(17)13-6-4-5-11(2)7-13/h4-7,12H,3,8-10H2,1-2H3. The summed E-state index contributed by atoms with van der Waals surface area (Å²) in [6, 6.07) is 7.53. The Balaban J connectivity index is 2.02. The van der Waals surface area contributed by atoms with Gasteiger partial charge in [0.25, 0.3) is 0 Å². The van der Waals surface area contributed by atoms with E-state index in [0.717, 1.165) is 18.5 Å². The number of amides is 1. The van der Waals surface area contributed by atoms with Crippen LogP contribution in [0.5, 0.6) is 0 Å². The number of Topliss-reactive ketones (excluding diaryl/α,β-unsaturated/α-hetero) is 1. The van der Waals surface area contributed by atoms with Crippen LogP contribution in [0.2, 0.25) is 0 Å². The minimum atomic E-state index is 0.0313. The monoisotopic (exact) mass is 245 g/mol. The number of hydrogen-bond acceptors (Lipinski definition) is 2. The number of carbonyl (C=O) groups excluding carboxylic acids is 2. The highest BCUT2D eigenvalue weighted by Gasteiger charge is 2.29. The number of hydrogen-bond donors (Lipinski definition) is 0. The molecule has 18 heavy (non-hydrogen) atoms. The predicted octanol–water partition coefficient (Wildman–Crippen LogP) is 2.44. The zero-order valence-corrected chi connectivity index (χ0v) is 11.0. The molecule has 1 aliphatic heterocycles. The molecule has 0 radical (unpaired) electrons. The predicted molar refractivity (Wildman–Crippen MR) is 70.5 cm³/mol. The summed E-state index contributed by atoms with van der Waals surface area (Å²) >= 11 is 0. The van der Waals surface area contributed by atoms with Gasteiger partial charge in [-0.3, -0.25) is 9.59 Å². The van der Waals surface area contributed by atoms with Crippen LogP contribution in [-0.4, -0.2) is 29.7 Å². The first kappa shape index (κ1) is 12.8. The highest BCUT2D eigenvalue weighted by molar-refractivity contribution is 5.99. The topological polar surface area (TPSA) is 37.4 Å². The SMILES string of the molecule is CCC1CC(=O)N(CC(=O)c2cccc(C)c2)C1. The largest absolute Gasteiger partial charge is 0.335 e. The van der Waals surface area contributed by atoms with Crippen LogP contribution >= 0.6 is 0 Å². The molecule has 3 nitrogen and oxygen atoms in total. The third-order valence-electron chi connectivity index (χ3n) is 3.55. The third kappa shape index (κ3) is 2.78. The van der Waals surface area contributed by atoms with Crippen molar-refractivity contribution in [2.75, 3.05) is 13.1 Å². The van der Waals surface area contributed by atoms with E-state index in [2.05, 4.69) is 6.92 Å². The van der Waals surface area contributed by atoms with Crippen LogP contribution < -0.4 is 0 Å². The van der Waals surface area contributed by atoms with E-state index < -0.39 is 0 Å². The number of carbonyl (C=O) groups is 2. The first-order chi connectivity index (χ1) is 8.60. The number of aryl methyl sites for hydroxylation is 1. The second-order valence-electron chi connectivity index (χ2n) is 5.05. The molecule has 0 N–H and O–H groups in total. The van der Waals surface area contributed by atoms with Crippen molar-refractivity contribution in [3.05, 3.63) is 35.4 Å². The Hall–Kier alpha value is -1.64. The second-order valence-corrected chi connectivity index (χ2v) is 5.05. The minimum absolute atomic E-state index is 0.0313. The van der Waals surface area contributed by atoms with Gasteiger partial charge < -0.3 is 4.90 Å². The average molecular weight is 245 g/mol. The second kappa shape index (κ2) is 5.34. The van der Waals surface area contributed by atoms with Gasteiger partial charge in [0.15, 0.2) is 5.78 Å². The quantitative estimate of drug-likeness (QED) is 0.764. The summed E-state index contributed by atoms with van der Waals surface area (Å²) in [6.07, 6.45) is 1.60. The summed E-state index contributed by atoms with van der Waals surface area (Å²) in [7, 11) is 0. The van der Waals surface area contributed by atoms with Crippen LogP contribution in [0.1, 0.15) is 35.7 Å². The van der Waals surface area contributed by atoms with Crippen molar-refractivity contribution in [3.63, 3.8) is 0 Å². The van der Waals surface area contributed by atoms with Crippen molar-refractivity contribution in [1.29, 1.82) is 0 Å². The average Bonchev–Trinajstić information content (AvgIpc) is 2.70. The number of likely N-dealkylation sites (tertiary alicyclic amines) is 1. The van der Waals surface area contributed by atoms with Crippen LogP contribution in [0, 0.1) is 12.8 Å². The molecule has 1 fully saturated rings. The van der Waals surface area contributed by atoms with E-state index in [1.54, 1.807) is 4.90 Å². The van der Waals surface area contributed by atoms with E-state index in [1.807, 2.05) is 31.2 Å². The lowest BCUT2D eigenvalue weighted by Gasteiger charge is -2.15. The molecule has 1 atom stereocenters. The molecule has 1 heterocycles. The van der Waals surface area contributed by atoms with Crippen LogP contribution in [-0.2, 0) is 4.79 Å². The van der Waals surface area contributed by atoms with Gasteiger partial charge in [-0.05, 0) is 18.9 Å². The highest BCUT2D eigenvalue weighted by atomic mass is 16.2. The Morgan fingerprint density at radius 2 is 2.22 bits per heavy atom. The number of rotatable bonds is 4. The summed E-state index contributed by atoms with van der Waals surface area (Å²) in [5.74, 6) is 0.564. The Bertz CT molecular complexity index is 467. The van der Waals surface area contributed by atoms with E-state index in [1.165, 1.54) is 0 Å². The van der Waals surface area contributed by atoms with Crippen molar-refractivity contribution in [2.45, 2.75) is 26.7 Å². The normalized spacial score (nSPS) is 19.3. The summed E-state index contributed by atoms with van der Waals surface area (Å²) in [6.45, 7) is 5.00. The Labute approximate surface area is 108 Å². The molecule has 1 unspecified atom stereocenters. The van der Waals surface area contributed by atoms with Gasteiger partial charge in [-0.15, -0.1) is 0 Å². The molecule has 0 saturated carbocycles. The third-order valence-corrected chi connectivity index (χ3v) is 3.55. The molecule has 1 aromatic carbocycles. The smallest absolute Gasteiger partial charge is 0.223 e. The maximum Gasteiger partial charge on any atom is 0.223 e. The lowest BCUT2D eigenvalue weighted by molar-refractivity contribution is -0.127. The molecule has 1 aromatic rings. The number of nitrogens with zero attached hydrogens (tertiary/aromatic N) is 1. The fourth-order valence-electron chi connectivity index (χ4n) is 2.36. The number of benzene rings is 1. The molecule has 0 aromatic heterocycles. The molecule has 1 saturated heterocycles. The first-order valence-electron chi connectivity index (χ1n) is 6.47. The van der Waals surface area contributed by atoms with Gasteiger partial charge in [0, 0.05) is 18.5 Å². The highest BCUT2D eigenvalue weighted by Crippen LogP contribution is 2.20.